The largest absolute Gasteiger partial charge is 0.465 e. The third kappa shape index (κ3) is 4.06. The molecule has 2 aliphatic rings. The highest BCUT2D eigenvalue weighted by atomic mass is 19.4. The summed E-state index contributed by atoms with van der Waals surface area (Å²) in [6, 6.07) is 12.2. The number of amides is 3. The maximum atomic E-state index is 14.1. The molecule has 1 aliphatic carbocycles. The third-order valence-corrected chi connectivity index (χ3v) is 6.91. The summed E-state index contributed by atoms with van der Waals surface area (Å²) in [4.78, 5) is 56.3. The van der Waals surface area contributed by atoms with Gasteiger partial charge in [0.1, 0.15) is 11.2 Å². The predicted molar refractivity (Wildman–Crippen MR) is 133 cm³/mol. The minimum Gasteiger partial charge on any atom is -0.465 e. The number of aromatic nitrogens is 1. The van der Waals surface area contributed by atoms with E-state index >= 15 is 0 Å². The van der Waals surface area contributed by atoms with Crippen LogP contribution in [0, 0.1) is 21.4 Å². The van der Waals surface area contributed by atoms with E-state index in [1.54, 1.807) is 0 Å². The number of carboxylic acid groups (broad SMARTS) is 1. The Labute approximate surface area is 228 Å². The summed E-state index contributed by atoms with van der Waals surface area (Å²) in [7, 11) is 0. The number of imide groups is 1. The van der Waals surface area contributed by atoms with Crippen LogP contribution in [0.2, 0.25) is 0 Å². The number of benzene rings is 2. The number of Topliss-reactive ketones (excluding diaryl/α,β-unsaturated/α-hetero) is 1. The van der Waals surface area contributed by atoms with Crippen molar-refractivity contribution in [3.8, 4) is 6.07 Å². The Balaban J connectivity index is 1.94. The van der Waals surface area contributed by atoms with Crippen LogP contribution in [0.4, 0.5) is 34.1 Å². The van der Waals surface area contributed by atoms with Crippen molar-refractivity contribution in [1.29, 1.82) is 5.26 Å². The van der Waals surface area contributed by atoms with Gasteiger partial charge in [-0.3, -0.25) is 24.8 Å². The maximum absolute atomic E-state index is 14.1. The van der Waals surface area contributed by atoms with Gasteiger partial charge in [-0.25, -0.2) is 14.5 Å². The van der Waals surface area contributed by atoms with Gasteiger partial charge in [0.25, 0.3) is 5.69 Å². The van der Waals surface area contributed by atoms with Crippen LogP contribution in [-0.2, 0) is 16.5 Å². The predicted octanol–water partition coefficient (Wildman–Crippen LogP) is 5.36. The summed E-state index contributed by atoms with van der Waals surface area (Å²) in [6.07, 6.45) is -6.47. The molecule has 2 aromatic carbocycles. The standard InChI is InChI=1S/C27H16F3N5O6/c28-27(29,30)22-13-17(11-12-32-22)33-20-9-10-21(36)23(20)26(34(24(33)37)25(38)39,16-7-5-15(14-31)6-8-16)18-3-1-2-4-19(18)35(40)41/h1-8,11-13H,9-10H2,(H,38,39). The summed E-state index contributed by atoms with van der Waals surface area (Å²) in [6.45, 7) is 0. The highest BCUT2D eigenvalue weighted by Gasteiger charge is 2.61. The van der Waals surface area contributed by atoms with Crippen molar-refractivity contribution in [2.75, 3.05) is 4.90 Å². The van der Waals surface area contributed by atoms with Crippen LogP contribution < -0.4 is 4.90 Å². The summed E-state index contributed by atoms with van der Waals surface area (Å²) >= 11 is 0. The average molecular weight is 563 g/mol. The first-order valence-electron chi connectivity index (χ1n) is 11.8. The van der Waals surface area contributed by atoms with Gasteiger partial charge in [-0.1, -0.05) is 24.3 Å². The Morgan fingerprint density at radius 1 is 1.10 bits per heavy atom. The Morgan fingerprint density at radius 3 is 2.39 bits per heavy atom. The number of para-hydroxylation sites is 1. The number of hydrogen-bond acceptors (Lipinski definition) is 7. The van der Waals surface area contributed by atoms with Gasteiger partial charge in [-0.15, -0.1) is 0 Å². The third-order valence-electron chi connectivity index (χ3n) is 6.91. The second-order valence-electron chi connectivity index (χ2n) is 9.05. The number of rotatable bonds is 4. The summed E-state index contributed by atoms with van der Waals surface area (Å²) in [5.41, 5.74) is -5.49. The molecule has 1 aromatic heterocycles. The van der Waals surface area contributed by atoms with E-state index < -0.39 is 51.6 Å². The highest BCUT2D eigenvalue weighted by Crippen LogP contribution is 2.54. The number of carbonyl (C=O) groups excluding carboxylic acids is 2. The highest BCUT2D eigenvalue weighted by molar-refractivity contribution is 6.14. The second kappa shape index (κ2) is 9.56. The number of nitrogens with zero attached hydrogens (tertiary/aromatic N) is 5. The number of alkyl halides is 3. The topological polar surface area (TPSA) is 158 Å². The SMILES string of the molecule is N#Cc1ccc(C2(c3ccccc3[N+](=O)[O-])C3=C(CCC3=O)N(c3ccnc(C(F)(F)F)c3)C(=O)N2C(=O)O)cc1. The first-order valence-corrected chi connectivity index (χ1v) is 11.8. The van der Waals surface area contributed by atoms with Gasteiger partial charge in [0, 0.05) is 24.4 Å². The molecule has 0 bridgehead atoms. The summed E-state index contributed by atoms with van der Waals surface area (Å²) in [5.74, 6) is -0.670. The molecule has 2 heterocycles. The molecule has 11 nitrogen and oxygen atoms in total. The van der Waals surface area contributed by atoms with Gasteiger partial charge in [0.15, 0.2) is 5.78 Å². The number of urea groups is 1. The molecule has 0 saturated heterocycles. The molecule has 0 fully saturated rings. The Kier molecular flexibility index (Phi) is 6.30. The number of pyridine rings is 1. The van der Waals surface area contributed by atoms with Crippen LogP contribution in [0.3, 0.4) is 0 Å². The normalized spacial score (nSPS) is 18.8. The van der Waals surface area contributed by atoms with Crippen LogP contribution in [0.5, 0.6) is 0 Å². The lowest BCUT2D eigenvalue weighted by Gasteiger charge is -2.48. The minimum atomic E-state index is -4.90. The Bertz CT molecular complexity index is 1710. The molecule has 0 spiro atoms. The van der Waals surface area contributed by atoms with Crippen molar-refractivity contribution in [3.63, 3.8) is 0 Å². The number of halogens is 3. The van der Waals surface area contributed by atoms with Crippen LogP contribution in [0.1, 0.15) is 35.2 Å². The van der Waals surface area contributed by atoms with Gasteiger partial charge < -0.3 is 5.11 Å². The number of ketones is 1. The molecule has 1 unspecified atom stereocenters. The second-order valence-corrected chi connectivity index (χ2v) is 9.05. The number of nitro groups is 1. The van der Waals surface area contributed by atoms with Gasteiger partial charge in [0.05, 0.1) is 33.4 Å². The van der Waals surface area contributed by atoms with E-state index in [-0.39, 0.29) is 45.7 Å². The summed E-state index contributed by atoms with van der Waals surface area (Å²) in [5, 5.41) is 32.0. The van der Waals surface area contributed by atoms with E-state index in [1.165, 1.54) is 42.5 Å². The number of hydrogen-bond donors (Lipinski definition) is 1. The van der Waals surface area contributed by atoms with Crippen molar-refractivity contribution >= 4 is 29.3 Å². The smallest absolute Gasteiger partial charge is 0.433 e. The van der Waals surface area contributed by atoms with Crippen LogP contribution in [0.25, 0.3) is 0 Å². The molecular weight excluding hydrogens is 547 g/mol. The number of carbonyl (C=O) groups is 3. The number of nitro benzene ring substituents is 1. The lowest BCUT2D eigenvalue weighted by molar-refractivity contribution is -0.386. The summed E-state index contributed by atoms with van der Waals surface area (Å²) < 4.78 is 40.5. The van der Waals surface area contributed by atoms with Gasteiger partial charge in [-0.2, -0.15) is 18.4 Å². The fraction of sp³-hybridized carbons (Fsp3) is 0.148. The lowest BCUT2D eigenvalue weighted by Crippen LogP contribution is -2.62. The zero-order valence-corrected chi connectivity index (χ0v) is 20.6. The van der Waals surface area contributed by atoms with Crippen LogP contribution in [-0.4, -0.2) is 37.8 Å². The minimum absolute atomic E-state index is 0.0605. The molecule has 41 heavy (non-hydrogen) atoms. The molecule has 3 amide bonds. The first kappa shape index (κ1) is 27.0. The van der Waals surface area contributed by atoms with E-state index in [4.69, 9.17) is 0 Å². The van der Waals surface area contributed by atoms with Gasteiger partial charge in [-0.05, 0) is 42.3 Å². The van der Waals surface area contributed by atoms with Crippen molar-refractivity contribution in [2.45, 2.75) is 24.6 Å². The van der Waals surface area contributed by atoms with Gasteiger partial charge in [0.2, 0.25) is 0 Å². The van der Waals surface area contributed by atoms with Crippen LogP contribution in [0.15, 0.2) is 78.1 Å². The van der Waals surface area contributed by atoms with Crippen LogP contribution >= 0.6 is 0 Å². The van der Waals surface area contributed by atoms with E-state index in [2.05, 4.69) is 4.98 Å². The number of allylic oxidation sites excluding steroid dienone is 1. The fourth-order valence-electron chi connectivity index (χ4n) is 5.36. The van der Waals surface area contributed by atoms with Gasteiger partial charge >= 0.3 is 18.3 Å². The average Bonchev–Trinajstić information content (AvgIpc) is 3.33. The van der Waals surface area contributed by atoms with E-state index in [0.717, 1.165) is 18.3 Å². The molecule has 1 aliphatic heterocycles. The molecular formula is C27H16F3N5O6. The molecule has 0 radical (unpaired) electrons. The molecule has 0 saturated carbocycles. The van der Waals surface area contributed by atoms with E-state index in [0.29, 0.717) is 11.0 Å². The number of anilines is 1. The zero-order valence-electron chi connectivity index (χ0n) is 20.6. The van der Waals surface area contributed by atoms with E-state index in [9.17, 15) is 48.0 Å². The molecule has 14 heteroatoms. The van der Waals surface area contributed by atoms with E-state index in [1.807, 2.05) is 6.07 Å². The maximum Gasteiger partial charge on any atom is 0.433 e. The Hall–Kier alpha value is -5.58. The zero-order chi connectivity index (χ0) is 29.7. The number of nitriles is 1. The molecule has 1 atom stereocenters. The van der Waals surface area contributed by atoms with Crippen molar-refractivity contribution < 1.29 is 37.6 Å². The fourth-order valence-corrected chi connectivity index (χ4v) is 5.36. The molecule has 5 rings (SSSR count). The monoisotopic (exact) mass is 563 g/mol. The lowest BCUT2D eigenvalue weighted by atomic mass is 9.72. The van der Waals surface area contributed by atoms with Crippen molar-refractivity contribution in [2.24, 2.45) is 0 Å². The first-order chi connectivity index (χ1) is 19.4. The quantitative estimate of drug-likeness (QED) is 0.328. The Morgan fingerprint density at radius 2 is 1.78 bits per heavy atom. The van der Waals surface area contributed by atoms with Crippen molar-refractivity contribution in [3.05, 3.63) is 111 Å². The van der Waals surface area contributed by atoms with Crippen molar-refractivity contribution in [1.82, 2.24) is 9.88 Å². The molecule has 206 valence electrons. The molecule has 1 N–H and O–H groups in total. The molecule has 3 aromatic rings.